The van der Waals surface area contributed by atoms with Crippen LogP contribution in [0.3, 0.4) is 0 Å². The van der Waals surface area contributed by atoms with E-state index in [2.05, 4.69) is 22.5 Å². The Bertz CT molecular complexity index is 663. The lowest BCUT2D eigenvalue weighted by Gasteiger charge is -2.24. The molecule has 0 aromatic heterocycles. The van der Waals surface area contributed by atoms with E-state index >= 15 is 0 Å². The molecule has 1 aromatic rings. The van der Waals surface area contributed by atoms with Gasteiger partial charge in [-0.15, -0.1) is 0 Å². The number of ether oxygens (including phenoxy) is 1. The lowest BCUT2D eigenvalue weighted by Crippen LogP contribution is -2.45. The quantitative estimate of drug-likeness (QED) is 0.601. The summed E-state index contributed by atoms with van der Waals surface area (Å²) < 4.78 is 28.7. The van der Waals surface area contributed by atoms with Gasteiger partial charge >= 0.3 is 0 Å². The van der Waals surface area contributed by atoms with Crippen LogP contribution in [0, 0.1) is 0 Å². The molecule has 134 valence electrons. The van der Waals surface area contributed by atoms with Gasteiger partial charge in [-0.05, 0) is 44.4 Å². The minimum absolute atomic E-state index is 0.132. The molecule has 0 spiro atoms. The van der Waals surface area contributed by atoms with Gasteiger partial charge in [0.25, 0.3) is 0 Å². The number of nitrogens with zero attached hydrogens (tertiary/aromatic N) is 1. The van der Waals surface area contributed by atoms with Crippen molar-refractivity contribution in [3.05, 3.63) is 29.8 Å². The Morgan fingerprint density at radius 1 is 1.29 bits per heavy atom. The number of nitrogens with one attached hydrogen (secondary N) is 2. The van der Waals surface area contributed by atoms with E-state index in [-0.39, 0.29) is 5.60 Å². The van der Waals surface area contributed by atoms with Crippen LogP contribution in [0.15, 0.2) is 34.2 Å². The van der Waals surface area contributed by atoms with Gasteiger partial charge in [-0.25, -0.2) is 13.4 Å². The van der Waals surface area contributed by atoms with Crippen LogP contribution in [0.5, 0.6) is 0 Å². The first-order chi connectivity index (χ1) is 11.3. The topological polar surface area (TPSA) is 79.8 Å². The van der Waals surface area contributed by atoms with Crippen LogP contribution >= 0.6 is 0 Å². The van der Waals surface area contributed by atoms with E-state index in [0.29, 0.717) is 18.0 Å². The second kappa shape index (κ2) is 7.98. The molecule has 1 unspecified atom stereocenters. The SMILES string of the molecule is CCNC(=NCc1ccc(S(C)(=O)=O)cc1)NCC1(C)CCCO1. The summed E-state index contributed by atoms with van der Waals surface area (Å²) in [6.07, 6.45) is 3.35. The molecule has 24 heavy (non-hydrogen) atoms. The zero-order valence-electron chi connectivity index (χ0n) is 14.6. The third-order valence-corrected chi connectivity index (χ3v) is 5.17. The van der Waals surface area contributed by atoms with Crippen molar-refractivity contribution in [2.45, 2.75) is 43.7 Å². The van der Waals surface area contributed by atoms with Gasteiger partial charge in [0, 0.05) is 26.0 Å². The number of hydrogen-bond acceptors (Lipinski definition) is 4. The molecule has 1 saturated heterocycles. The molecular formula is C17H27N3O3S. The second-order valence-corrected chi connectivity index (χ2v) is 8.38. The Morgan fingerprint density at radius 2 is 2.00 bits per heavy atom. The summed E-state index contributed by atoms with van der Waals surface area (Å²) in [7, 11) is -3.16. The van der Waals surface area contributed by atoms with E-state index in [1.165, 1.54) is 6.26 Å². The Hall–Kier alpha value is -1.60. The number of benzene rings is 1. The third kappa shape index (κ3) is 5.49. The summed E-state index contributed by atoms with van der Waals surface area (Å²) in [4.78, 5) is 4.88. The average Bonchev–Trinajstić information content (AvgIpc) is 2.97. The molecule has 6 nitrogen and oxygen atoms in total. The van der Waals surface area contributed by atoms with Gasteiger partial charge in [0.1, 0.15) is 0 Å². The van der Waals surface area contributed by atoms with Gasteiger partial charge in [0.2, 0.25) is 0 Å². The van der Waals surface area contributed by atoms with E-state index in [9.17, 15) is 8.42 Å². The lowest BCUT2D eigenvalue weighted by atomic mass is 10.0. The lowest BCUT2D eigenvalue weighted by molar-refractivity contribution is 0.0243. The molecule has 7 heteroatoms. The summed E-state index contributed by atoms with van der Waals surface area (Å²) in [5.41, 5.74) is 0.829. The Kier molecular flexibility index (Phi) is 6.23. The minimum Gasteiger partial charge on any atom is -0.373 e. The van der Waals surface area contributed by atoms with Crippen LogP contribution < -0.4 is 10.6 Å². The summed E-state index contributed by atoms with van der Waals surface area (Å²) in [6, 6.07) is 6.83. The number of guanidine groups is 1. The number of sulfone groups is 1. The van der Waals surface area contributed by atoms with Crippen LogP contribution in [-0.2, 0) is 21.1 Å². The van der Waals surface area contributed by atoms with Crippen LogP contribution in [0.25, 0.3) is 0 Å². The van der Waals surface area contributed by atoms with Gasteiger partial charge in [0.15, 0.2) is 15.8 Å². The molecule has 0 saturated carbocycles. The van der Waals surface area contributed by atoms with Crippen molar-refractivity contribution >= 4 is 15.8 Å². The maximum Gasteiger partial charge on any atom is 0.191 e. The fourth-order valence-corrected chi connectivity index (χ4v) is 3.23. The molecule has 2 rings (SSSR count). The van der Waals surface area contributed by atoms with Crippen molar-refractivity contribution in [2.75, 3.05) is 26.0 Å². The highest BCUT2D eigenvalue weighted by Gasteiger charge is 2.29. The molecule has 1 fully saturated rings. The molecule has 0 radical (unpaired) electrons. The summed E-state index contributed by atoms with van der Waals surface area (Å²) >= 11 is 0. The predicted octanol–water partition coefficient (Wildman–Crippen LogP) is 1.71. The standard InChI is InChI=1S/C17H27N3O3S/c1-4-18-16(20-13-17(2)10-5-11-23-17)19-12-14-6-8-15(9-7-14)24(3,21)22/h6-9H,4-5,10-13H2,1-3H3,(H2,18,19,20). The van der Waals surface area contributed by atoms with Crippen molar-refractivity contribution in [1.29, 1.82) is 0 Å². The molecule has 0 amide bonds. The van der Waals surface area contributed by atoms with Gasteiger partial charge < -0.3 is 15.4 Å². The highest BCUT2D eigenvalue weighted by Crippen LogP contribution is 2.23. The van der Waals surface area contributed by atoms with Crippen molar-refractivity contribution in [3.63, 3.8) is 0 Å². The van der Waals surface area contributed by atoms with Crippen molar-refractivity contribution in [1.82, 2.24) is 10.6 Å². The van der Waals surface area contributed by atoms with Crippen LogP contribution in [-0.4, -0.2) is 45.9 Å². The molecular weight excluding hydrogens is 326 g/mol. The number of rotatable bonds is 6. The third-order valence-electron chi connectivity index (χ3n) is 4.05. The predicted molar refractivity (Wildman–Crippen MR) is 96.0 cm³/mol. The zero-order chi connectivity index (χ0) is 17.6. The van der Waals surface area contributed by atoms with E-state index in [0.717, 1.165) is 37.5 Å². The summed E-state index contributed by atoms with van der Waals surface area (Å²) in [5, 5.41) is 6.54. The minimum atomic E-state index is -3.16. The zero-order valence-corrected chi connectivity index (χ0v) is 15.4. The smallest absolute Gasteiger partial charge is 0.191 e. The van der Waals surface area contributed by atoms with Gasteiger partial charge in [-0.3, -0.25) is 0 Å². The largest absolute Gasteiger partial charge is 0.373 e. The number of hydrogen-bond donors (Lipinski definition) is 2. The maximum absolute atomic E-state index is 11.5. The van der Waals surface area contributed by atoms with Crippen LogP contribution in [0.2, 0.25) is 0 Å². The monoisotopic (exact) mass is 353 g/mol. The number of aliphatic imine (C=N–C) groups is 1. The Morgan fingerprint density at radius 3 is 2.54 bits per heavy atom. The molecule has 1 heterocycles. The first-order valence-corrected chi connectivity index (χ1v) is 10.2. The van der Waals surface area contributed by atoms with Gasteiger partial charge in [-0.2, -0.15) is 0 Å². The van der Waals surface area contributed by atoms with Crippen molar-refractivity contribution < 1.29 is 13.2 Å². The first kappa shape index (κ1) is 18.7. The summed E-state index contributed by atoms with van der Waals surface area (Å²) in [5.74, 6) is 0.737. The summed E-state index contributed by atoms with van der Waals surface area (Å²) in [6.45, 7) is 6.92. The average molecular weight is 353 g/mol. The van der Waals surface area contributed by atoms with Gasteiger partial charge in [0.05, 0.1) is 17.0 Å². The highest BCUT2D eigenvalue weighted by atomic mass is 32.2. The molecule has 0 bridgehead atoms. The van der Waals surface area contributed by atoms with Gasteiger partial charge in [-0.1, -0.05) is 12.1 Å². The van der Waals surface area contributed by atoms with Crippen molar-refractivity contribution in [2.24, 2.45) is 4.99 Å². The molecule has 2 N–H and O–H groups in total. The molecule has 1 aromatic carbocycles. The molecule has 1 atom stereocenters. The van der Waals surface area contributed by atoms with E-state index in [4.69, 9.17) is 4.74 Å². The highest BCUT2D eigenvalue weighted by molar-refractivity contribution is 7.90. The fraction of sp³-hybridized carbons (Fsp3) is 0.588. The maximum atomic E-state index is 11.5. The van der Waals surface area contributed by atoms with Crippen LogP contribution in [0.1, 0.15) is 32.3 Å². The van der Waals surface area contributed by atoms with E-state index in [1.54, 1.807) is 24.3 Å². The van der Waals surface area contributed by atoms with Crippen molar-refractivity contribution in [3.8, 4) is 0 Å². The van der Waals surface area contributed by atoms with E-state index < -0.39 is 9.84 Å². The van der Waals surface area contributed by atoms with Crippen LogP contribution in [0.4, 0.5) is 0 Å². The molecule has 0 aliphatic carbocycles. The Labute approximate surface area is 144 Å². The fourth-order valence-electron chi connectivity index (χ4n) is 2.60. The Balaban J connectivity index is 1.97. The molecule has 1 aliphatic heterocycles. The normalized spacial score (nSPS) is 21.7. The second-order valence-electron chi connectivity index (χ2n) is 6.37. The molecule has 1 aliphatic rings. The van der Waals surface area contributed by atoms with E-state index in [1.807, 2.05) is 6.92 Å². The first-order valence-electron chi connectivity index (χ1n) is 8.27.